The van der Waals surface area contributed by atoms with E-state index in [-0.39, 0.29) is 6.41 Å². The highest BCUT2D eigenvalue weighted by Gasteiger charge is 1.76. The van der Waals surface area contributed by atoms with Crippen molar-refractivity contribution in [1.29, 1.82) is 0 Å². The number of primary amides is 1. The molecule has 0 aliphatic carbocycles. The average Bonchev–Trinajstić information content (AvgIpc) is 2.06. The van der Waals surface area contributed by atoms with E-state index in [4.69, 9.17) is 21.5 Å². The van der Waals surface area contributed by atoms with Crippen LogP contribution >= 0.6 is 11.6 Å². The van der Waals surface area contributed by atoms with E-state index in [0.29, 0.717) is 0 Å². The van der Waals surface area contributed by atoms with Crippen molar-refractivity contribution in [3.63, 3.8) is 0 Å². The standard InChI is InChI=1S/C5H11Cl.CH3NO.CH4O/c1-2-3-4-5-6;2-1-3;1-2/h2-5H2,1H3;1H,(H2,2,3);2H,1H3. The fraction of sp³-hybridized carbons (Fsp3) is 0.857. The van der Waals surface area contributed by atoms with Gasteiger partial charge in [-0.3, -0.25) is 4.79 Å². The Labute approximate surface area is 73.5 Å². The summed E-state index contributed by atoms with van der Waals surface area (Å²) in [5, 5.41) is 7.00. The molecule has 0 aromatic carbocycles. The Morgan fingerprint density at radius 3 is 1.91 bits per heavy atom. The second-order valence-electron chi connectivity index (χ2n) is 1.53. The summed E-state index contributed by atoms with van der Waals surface area (Å²) in [7, 11) is 1.00. The number of carbonyl (C=O) groups is 1. The van der Waals surface area contributed by atoms with Crippen LogP contribution in [0.4, 0.5) is 0 Å². The average molecular weight is 184 g/mol. The third-order valence-corrected chi connectivity index (χ3v) is 1.00. The van der Waals surface area contributed by atoms with E-state index in [1.54, 1.807) is 0 Å². The molecule has 1 amide bonds. The first kappa shape index (κ1) is 17.0. The molecule has 0 aromatic rings. The van der Waals surface area contributed by atoms with Crippen LogP contribution in [0.25, 0.3) is 0 Å². The number of hydrogen-bond donors (Lipinski definition) is 2. The van der Waals surface area contributed by atoms with E-state index in [2.05, 4.69) is 12.7 Å². The molecule has 11 heavy (non-hydrogen) atoms. The van der Waals surface area contributed by atoms with E-state index >= 15 is 0 Å². The van der Waals surface area contributed by atoms with Gasteiger partial charge in [-0.1, -0.05) is 19.8 Å². The summed E-state index contributed by atoms with van der Waals surface area (Å²) in [5.74, 6) is 0.827. The molecule has 0 fully saturated rings. The molecule has 0 aliphatic heterocycles. The van der Waals surface area contributed by atoms with Gasteiger partial charge in [0.15, 0.2) is 0 Å². The first-order chi connectivity index (χ1) is 5.33. The van der Waals surface area contributed by atoms with Gasteiger partial charge >= 0.3 is 0 Å². The zero-order valence-corrected chi connectivity index (χ0v) is 7.97. The number of rotatable bonds is 3. The van der Waals surface area contributed by atoms with Gasteiger partial charge in [0, 0.05) is 13.0 Å². The molecule has 0 spiro atoms. The highest BCUT2D eigenvalue weighted by atomic mass is 35.5. The molecule has 70 valence electrons. The summed E-state index contributed by atoms with van der Waals surface area (Å²) in [5.41, 5.74) is 4.17. The van der Waals surface area contributed by atoms with Gasteiger partial charge in [0.1, 0.15) is 0 Å². The minimum absolute atomic E-state index is 0.250. The van der Waals surface area contributed by atoms with Gasteiger partial charge in [-0.15, -0.1) is 11.6 Å². The number of halogens is 1. The highest BCUT2D eigenvalue weighted by molar-refractivity contribution is 6.17. The van der Waals surface area contributed by atoms with E-state index in [9.17, 15) is 0 Å². The first-order valence-electron chi connectivity index (χ1n) is 3.49. The molecule has 3 nitrogen and oxygen atoms in total. The number of amides is 1. The van der Waals surface area contributed by atoms with Gasteiger partial charge in [0.25, 0.3) is 0 Å². The molecule has 0 unspecified atom stereocenters. The minimum atomic E-state index is 0.250. The highest BCUT2D eigenvalue weighted by Crippen LogP contribution is 1.93. The van der Waals surface area contributed by atoms with Crippen molar-refractivity contribution in [2.24, 2.45) is 5.73 Å². The summed E-state index contributed by atoms with van der Waals surface area (Å²) < 4.78 is 0. The lowest BCUT2D eigenvalue weighted by atomic mass is 10.3. The number of aliphatic hydroxyl groups excluding tert-OH is 1. The third-order valence-electron chi connectivity index (χ3n) is 0.737. The summed E-state index contributed by atoms with van der Waals surface area (Å²) in [4.78, 5) is 8.58. The van der Waals surface area contributed by atoms with Crippen LogP contribution in [0.3, 0.4) is 0 Å². The Kier molecular flexibility index (Phi) is 51.3. The number of nitrogens with two attached hydrogens (primary N) is 1. The number of unbranched alkanes of at least 4 members (excludes halogenated alkanes) is 2. The molecule has 4 heteroatoms. The maximum atomic E-state index is 8.58. The molecule has 0 rings (SSSR count). The van der Waals surface area contributed by atoms with Gasteiger partial charge in [0.2, 0.25) is 6.41 Å². The number of hydrogen-bond acceptors (Lipinski definition) is 2. The smallest absolute Gasteiger partial charge is 0.204 e. The summed E-state index contributed by atoms with van der Waals surface area (Å²) in [6.45, 7) is 2.17. The number of alkyl halides is 1. The Morgan fingerprint density at radius 2 is 1.82 bits per heavy atom. The molecular weight excluding hydrogens is 166 g/mol. The topological polar surface area (TPSA) is 63.3 Å². The fourth-order valence-corrected chi connectivity index (χ4v) is 0.533. The number of carbonyl (C=O) groups excluding carboxylic acids is 1. The van der Waals surface area contributed by atoms with Crippen molar-refractivity contribution < 1.29 is 9.90 Å². The van der Waals surface area contributed by atoms with Crippen LogP contribution in [-0.4, -0.2) is 24.5 Å². The van der Waals surface area contributed by atoms with Crippen molar-refractivity contribution in [3.8, 4) is 0 Å². The molecule has 0 aliphatic rings. The van der Waals surface area contributed by atoms with E-state index < -0.39 is 0 Å². The molecule has 0 bridgehead atoms. The van der Waals surface area contributed by atoms with Gasteiger partial charge in [-0.2, -0.15) is 0 Å². The largest absolute Gasteiger partial charge is 0.400 e. The molecule has 0 aromatic heterocycles. The van der Waals surface area contributed by atoms with Crippen LogP contribution in [0.2, 0.25) is 0 Å². The molecule has 0 radical (unpaired) electrons. The maximum Gasteiger partial charge on any atom is 0.204 e. The second-order valence-corrected chi connectivity index (χ2v) is 1.91. The predicted octanol–water partition coefficient (Wildman–Crippen LogP) is 1.13. The van der Waals surface area contributed by atoms with Crippen molar-refractivity contribution in [2.75, 3.05) is 13.0 Å². The van der Waals surface area contributed by atoms with Gasteiger partial charge in [0.05, 0.1) is 0 Å². The Morgan fingerprint density at radius 1 is 1.45 bits per heavy atom. The van der Waals surface area contributed by atoms with Crippen molar-refractivity contribution in [2.45, 2.75) is 26.2 Å². The third kappa shape index (κ3) is 78.3. The fourth-order valence-electron chi connectivity index (χ4n) is 0.344. The molecule has 0 saturated heterocycles. The maximum absolute atomic E-state index is 8.58. The van der Waals surface area contributed by atoms with Gasteiger partial charge in [-0.05, 0) is 6.42 Å². The van der Waals surface area contributed by atoms with Gasteiger partial charge < -0.3 is 10.8 Å². The Balaban J connectivity index is -0.000000109. The summed E-state index contributed by atoms with van der Waals surface area (Å²) >= 11 is 5.38. The van der Waals surface area contributed by atoms with Crippen LogP contribution < -0.4 is 5.73 Å². The molecule has 0 atom stereocenters. The lowest BCUT2D eigenvalue weighted by Gasteiger charge is -1.84. The lowest BCUT2D eigenvalue weighted by molar-refractivity contribution is -0.106. The Hall–Kier alpha value is -0.280. The summed E-state index contributed by atoms with van der Waals surface area (Å²) in [6, 6.07) is 0. The molecule has 0 saturated carbocycles. The monoisotopic (exact) mass is 183 g/mol. The number of aliphatic hydroxyl groups is 1. The van der Waals surface area contributed by atoms with Crippen molar-refractivity contribution in [3.05, 3.63) is 0 Å². The Bertz CT molecular complexity index is 49.7. The molecule has 0 heterocycles. The second kappa shape index (κ2) is 33.2. The van der Waals surface area contributed by atoms with E-state index in [1.807, 2.05) is 0 Å². The van der Waals surface area contributed by atoms with Crippen molar-refractivity contribution >= 4 is 18.0 Å². The minimum Gasteiger partial charge on any atom is -0.400 e. The normalized spacial score (nSPS) is 6.55. The van der Waals surface area contributed by atoms with Crippen LogP contribution in [0.5, 0.6) is 0 Å². The van der Waals surface area contributed by atoms with Crippen LogP contribution in [0, 0.1) is 0 Å². The zero-order chi connectivity index (χ0) is 9.54. The summed E-state index contributed by atoms with van der Waals surface area (Å²) in [6.07, 6.45) is 3.98. The van der Waals surface area contributed by atoms with Crippen LogP contribution in [-0.2, 0) is 4.79 Å². The predicted molar refractivity (Wildman–Crippen MR) is 48.6 cm³/mol. The van der Waals surface area contributed by atoms with Crippen LogP contribution in [0.1, 0.15) is 26.2 Å². The van der Waals surface area contributed by atoms with Crippen LogP contribution in [0.15, 0.2) is 0 Å². The molecular formula is C7H18ClNO2. The zero-order valence-electron chi connectivity index (χ0n) is 7.22. The van der Waals surface area contributed by atoms with Crippen molar-refractivity contribution in [1.82, 2.24) is 0 Å². The first-order valence-corrected chi connectivity index (χ1v) is 4.03. The van der Waals surface area contributed by atoms with E-state index in [1.165, 1.54) is 19.3 Å². The SMILES string of the molecule is CCCCCCl.CO.NC=O. The quantitative estimate of drug-likeness (QED) is 0.392. The molecule has 3 N–H and O–H groups in total. The van der Waals surface area contributed by atoms with E-state index in [0.717, 1.165) is 13.0 Å². The lowest BCUT2D eigenvalue weighted by Crippen LogP contribution is -1.82. The van der Waals surface area contributed by atoms with Gasteiger partial charge in [-0.25, -0.2) is 0 Å².